The van der Waals surface area contributed by atoms with E-state index in [1.165, 1.54) is 0 Å². The molecule has 0 fully saturated rings. The summed E-state index contributed by atoms with van der Waals surface area (Å²) in [6.07, 6.45) is 0. The van der Waals surface area contributed by atoms with E-state index in [1.807, 2.05) is 0 Å². The SMILES string of the molecule is CC(=O)O.Cl.[NaH]. The average molecular weight is 121 g/mol. The molecule has 2 nitrogen and oxygen atoms in total. The van der Waals surface area contributed by atoms with Gasteiger partial charge in [0.15, 0.2) is 0 Å². The van der Waals surface area contributed by atoms with Crippen molar-refractivity contribution in [1.29, 1.82) is 0 Å². The Morgan fingerprint density at radius 1 is 1.67 bits per heavy atom. The molecule has 0 aromatic carbocycles. The molecule has 0 aliphatic heterocycles. The summed E-state index contributed by atoms with van der Waals surface area (Å²) < 4.78 is 0. The Morgan fingerprint density at radius 2 is 1.67 bits per heavy atom. The molecule has 0 amide bonds. The van der Waals surface area contributed by atoms with E-state index in [2.05, 4.69) is 0 Å². The van der Waals surface area contributed by atoms with Crippen molar-refractivity contribution in [2.75, 3.05) is 0 Å². The van der Waals surface area contributed by atoms with E-state index in [9.17, 15) is 0 Å². The number of carbonyl (C=O) groups is 1. The number of hydrogen-bond acceptors (Lipinski definition) is 1. The van der Waals surface area contributed by atoms with Gasteiger partial charge in [-0.15, -0.1) is 12.4 Å². The summed E-state index contributed by atoms with van der Waals surface area (Å²) >= 11 is 0. The molecule has 0 aliphatic carbocycles. The number of hydrogen-bond donors (Lipinski definition) is 1. The van der Waals surface area contributed by atoms with Gasteiger partial charge in [-0.25, -0.2) is 0 Å². The summed E-state index contributed by atoms with van der Waals surface area (Å²) in [7, 11) is 0. The van der Waals surface area contributed by atoms with Gasteiger partial charge in [0.25, 0.3) is 5.97 Å². The summed E-state index contributed by atoms with van der Waals surface area (Å²) in [6.45, 7) is 1.08. The van der Waals surface area contributed by atoms with Crippen LogP contribution in [-0.2, 0) is 4.79 Å². The Kier molecular flexibility index (Phi) is 24.4. The van der Waals surface area contributed by atoms with Crippen LogP contribution in [0.3, 0.4) is 0 Å². The summed E-state index contributed by atoms with van der Waals surface area (Å²) in [4.78, 5) is 9.00. The van der Waals surface area contributed by atoms with Crippen LogP contribution in [0.15, 0.2) is 0 Å². The second kappa shape index (κ2) is 9.23. The van der Waals surface area contributed by atoms with Gasteiger partial charge >= 0.3 is 29.6 Å². The van der Waals surface area contributed by atoms with Crippen LogP contribution in [-0.4, -0.2) is 40.6 Å². The first-order valence-corrected chi connectivity index (χ1v) is 0.928. The van der Waals surface area contributed by atoms with E-state index in [-0.39, 0.29) is 42.0 Å². The molecule has 0 spiro atoms. The third-order valence-electron chi connectivity index (χ3n) is 0. The predicted octanol–water partition coefficient (Wildman–Crippen LogP) is -0.136. The fraction of sp³-hybridized carbons (Fsp3) is 0.500. The Balaban J connectivity index is -0.0000000450. The molecule has 0 atom stereocenters. The number of carboxylic acid groups (broad SMARTS) is 1. The molecule has 0 aromatic rings. The molecule has 1 N–H and O–H groups in total. The Bertz CT molecular complexity index is 34.5. The number of halogens is 1. The first-order chi connectivity index (χ1) is 1.73. The molecule has 0 radical (unpaired) electrons. The average Bonchev–Trinajstić information content (AvgIpc) is 0.811. The zero-order valence-corrected chi connectivity index (χ0v) is 3.58. The third kappa shape index (κ3) is 117. The van der Waals surface area contributed by atoms with Crippen LogP contribution in [0.2, 0.25) is 0 Å². The molecule has 0 heterocycles. The number of rotatable bonds is 0. The normalized spacial score (nSPS) is 4.17. The summed E-state index contributed by atoms with van der Waals surface area (Å²) in [5.41, 5.74) is 0. The van der Waals surface area contributed by atoms with Crippen molar-refractivity contribution in [3.63, 3.8) is 0 Å². The van der Waals surface area contributed by atoms with Crippen molar-refractivity contribution in [3.8, 4) is 0 Å². The molecule has 6 heavy (non-hydrogen) atoms. The molecule has 0 aliphatic rings. The van der Waals surface area contributed by atoms with Gasteiger partial charge in [-0.05, 0) is 0 Å². The fourth-order valence-electron chi connectivity index (χ4n) is 0. The number of carboxylic acids is 1. The predicted molar refractivity (Wildman–Crippen MR) is 27.7 cm³/mol. The molecule has 0 saturated heterocycles. The molecule has 34 valence electrons. The van der Waals surface area contributed by atoms with Crippen LogP contribution < -0.4 is 0 Å². The van der Waals surface area contributed by atoms with E-state index in [0.717, 1.165) is 6.92 Å². The van der Waals surface area contributed by atoms with Crippen LogP contribution in [0.25, 0.3) is 0 Å². The monoisotopic (exact) mass is 120 g/mol. The third-order valence-corrected chi connectivity index (χ3v) is 0. The second-order valence-electron chi connectivity index (χ2n) is 0.519. The van der Waals surface area contributed by atoms with Crippen LogP contribution in [0.5, 0.6) is 0 Å². The summed E-state index contributed by atoms with van der Waals surface area (Å²) in [5, 5.41) is 7.42. The minimum absolute atomic E-state index is 0. The fourth-order valence-corrected chi connectivity index (χ4v) is 0. The van der Waals surface area contributed by atoms with Crippen LogP contribution in [0.4, 0.5) is 0 Å². The maximum atomic E-state index is 9.00. The molecular formula is C2H6ClNaO2. The van der Waals surface area contributed by atoms with Crippen molar-refractivity contribution in [2.24, 2.45) is 0 Å². The molecule has 4 heteroatoms. The standard InChI is InChI=1S/C2H4O2.ClH.Na.H/c1-2(3)4;;;/h1H3,(H,3,4);1H;;. The second-order valence-corrected chi connectivity index (χ2v) is 0.519. The van der Waals surface area contributed by atoms with Crippen LogP contribution in [0, 0.1) is 0 Å². The van der Waals surface area contributed by atoms with E-state index in [1.54, 1.807) is 0 Å². The van der Waals surface area contributed by atoms with Crippen molar-refractivity contribution < 1.29 is 9.90 Å². The van der Waals surface area contributed by atoms with E-state index in [0.29, 0.717) is 0 Å². The Morgan fingerprint density at radius 3 is 1.67 bits per heavy atom. The minimum atomic E-state index is -0.833. The van der Waals surface area contributed by atoms with Gasteiger partial charge in [0, 0.05) is 6.92 Å². The van der Waals surface area contributed by atoms with Gasteiger partial charge in [0.1, 0.15) is 0 Å². The van der Waals surface area contributed by atoms with Gasteiger partial charge < -0.3 is 5.11 Å². The molecule has 0 aromatic heterocycles. The first kappa shape index (κ1) is 15.9. The Hall–Kier alpha value is 0.760. The van der Waals surface area contributed by atoms with Crippen LogP contribution in [0.1, 0.15) is 6.92 Å². The quantitative estimate of drug-likeness (QED) is 0.452. The molecule has 0 saturated carbocycles. The van der Waals surface area contributed by atoms with Crippen LogP contribution >= 0.6 is 12.4 Å². The number of aliphatic carboxylic acids is 1. The zero-order valence-electron chi connectivity index (χ0n) is 2.76. The van der Waals surface area contributed by atoms with Gasteiger partial charge in [0.05, 0.1) is 0 Å². The molecular weight excluding hydrogens is 114 g/mol. The van der Waals surface area contributed by atoms with Gasteiger partial charge in [-0.1, -0.05) is 0 Å². The van der Waals surface area contributed by atoms with Crippen molar-refractivity contribution in [2.45, 2.75) is 6.92 Å². The topological polar surface area (TPSA) is 37.3 Å². The maximum absolute atomic E-state index is 9.00. The molecule has 0 rings (SSSR count). The van der Waals surface area contributed by atoms with E-state index >= 15 is 0 Å². The van der Waals surface area contributed by atoms with Crippen molar-refractivity contribution in [1.82, 2.24) is 0 Å². The zero-order chi connectivity index (χ0) is 3.58. The van der Waals surface area contributed by atoms with Crippen molar-refractivity contribution in [3.05, 3.63) is 0 Å². The summed E-state index contributed by atoms with van der Waals surface area (Å²) in [6, 6.07) is 0. The first-order valence-electron chi connectivity index (χ1n) is 0.928. The van der Waals surface area contributed by atoms with Gasteiger partial charge in [-0.3, -0.25) is 4.79 Å². The Labute approximate surface area is 64.6 Å². The summed E-state index contributed by atoms with van der Waals surface area (Å²) in [5.74, 6) is -0.833. The molecule has 0 unspecified atom stereocenters. The van der Waals surface area contributed by atoms with E-state index < -0.39 is 5.97 Å². The van der Waals surface area contributed by atoms with Gasteiger partial charge in [-0.2, -0.15) is 0 Å². The van der Waals surface area contributed by atoms with E-state index in [4.69, 9.17) is 9.90 Å². The van der Waals surface area contributed by atoms with Gasteiger partial charge in [0.2, 0.25) is 0 Å². The van der Waals surface area contributed by atoms with Crippen molar-refractivity contribution >= 4 is 47.9 Å². The molecule has 0 bridgehead atoms.